The smallest absolute Gasteiger partial charge is 0.260 e. The zero-order valence-corrected chi connectivity index (χ0v) is 12.9. The molecular weight excluding hydrogens is 296 g/mol. The summed E-state index contributed by atoms with van der Waals surface area (Å²) in [7, 11) is 0. The van der Waals surface area contributed by atoms with E-state index in [2.05, 4.69) is 15.2 Å². The topological polar surface area (TPSA) is 88.2 Å². The highest BCUT2D eigenvalue weighted by molar-refractivity contribution is 5.93. The molecule has 0 saturated carbocycles. The fourth-order valence-electron chi connectivity index (χ4n) is 2.60. The van der Waals surface area contributed by atoms with Crippen LogP contribution in [0.25, 0.3) is 0 Å². The van der Waals surface area contributed by atoms with Crippen molar-refractivity contribution in [3.05, 3.63) is 52.1 Å². The molecule has 3 rings (SSSR count). The van der Waals surface area contributed by atoms with Crippen molar-refractivity contribution in [3.8, 4) is 5.88 Å². The van der Waals surface area contributed by atoms with Gasteiger partial charge in [0.2, 0.25) is 5.88 Å². The predicted molar refractivity (Wildman–Crippen MR) is 83.4 cm³/mol. The van der Waals surface area contributed by atoms with Crippen LogP contribution in [0, 0.1) is 6.92 Å². The molecule has 7 heteroatoms. The monoisotopic (exact) mass is 314 g/mol. The molecule has 1 aliphatic heterocycles. The molecule has 1 N–H and O–H groups in total. The van der Waals surface area contributed by atoms with Crippen molar-refractivity contribution in [1.29, 1.82) is 0 Å². The summed E-state index contributed by atoms with van der Waals surface area (Å²) in [4.78, 5) is 28.4. The van der Waals surface area contributed by atoms with Gasteiger partial charge in [-0.2, -0.15) is 5.10 Å². The molecule has 0 unspecified atom stereocenters. The predicted octanol–water partition coefficient (Wildman–Crippen LogP) is 1.16. The standard InChI is InChI=1S/C16H18N4O3/c1-11-6-7-14(19-18-11)23-12-4-3-9-20(10-12)16(22)13-5-2-8-17-15(13)21/h2,5-8,12H,3-4,9-10H2,1H3,(H,17,21)/t12-/m0/s1. The molecule has 1 aliphatic rings. The number of H-pyrrole nitrogens is 1. The highest BCUT2D eigenvalue weighted by Gasteiger charge is 2.27. The van der Waals surface area contributed by atoms with E-state index in [1.54, 1.807) is 17.0 Å². The molecule has 0 bridgehead atoms. The van der Waals surface area contributed by atoms with E-state index in [1.807, 2.05) is 13.0 Å². The van der Waals surface area contributed by atoms with E-state index in [9.17, 15) is 9.59 Å². The fourth-order valence-corrected chi connectivity index (χ4v) is 2.60. The van der Waals surface area contributed by atoms with Gasteiger partial charge in [0.1, 0.15) is 11.7 Å². The summed E-state index contributed by atoms with van der Waals surface area (Å²) in [6.07, 6.45) is 3.02. The van der Waals surface area contributed by atoms with E-state index >= 15 is 0 Å². The van der Waals surface area contributed by atoms with E-state index in [1.165, 1.54) is 12.3 Å². The molecule has 2 aromatic rings. The Bertz CT molecular complexity index is 741. The van der Waals surface area contributed by atoms with Gasteiger partial charge in [-0.15, -0.1) is 5.10 Å². The minimum atomic E-state index is -0.370. The second-order valence-electron chi connectivity index (χ2n) is 5.56. The van der Waals surface area contributed by atoms with Crippen molar-refractivity contribution in [3.63, 3.8) is 0 Å². The molecule has 1 saturated heterocycles. The number of nitrogens with zero attached hydrogens (tertiary/aromatic N) is 3. The summed E-state index contributed by atoms with van der Waals surface area (Å²) < 4.78 is 5.80. The van der Waals surface area contributed by atoms with Crippen LogP contribution < -0.4 is 10.3 Å². The maximum absolute atomic E-state index is 12.5. The molecule has 0 aromatic carbocycles. The number of aryl methyl sites for hydroxylation is 1. The van der Waals surface area contributed by atoms with Crippen LogP contribution in [0.1, 0.15) is 28.9 Å². The molecule has 0 aliphatic carbocycles. The normalized spacial score (nSPS) is 17.8. The van der Waals surface area contributed by atoms with Crippen LogP contribution in [0.15, 0.2) is 35.3 Å². The van der Waals surface area contributed by atoms with E-state index in [4.69, 9.17) is 4.74 Å². The summed E-state index contributed by atoms with van der Waals surface area (Å²) in [6.45, 7) is 2.91. The summed E-state index contributed by atoms with van der Waals surface area (Å²) in [5.41, 5.74) is 0.606. The van der Waals surface area contributed by atoms with Gasteiger partial charge in [-0.25, -0.2) is 0 Å². The molecule has 1 fully saturated rings. The van der Waals surface area contributed by atoms with E-state index in [0.717, 1.165) is 18.5 Å². The Morgan fingerprint density at radius 2 is 2.22 bits per heavy atom. The van der Waals surface area contributed by atoms with Gasteiger partial charge in [0, 0.05) is 18.8 Å². The Hall–Kier alpha value is -2.70. The van der Waals surface area contributed by atoms with Crippen LogP contribution >= 0.6 is 0 Å². The zero-order valence-electron chi connectivity index (χ0n) is 12.9. The first kappa shape index (κ1) is 15.2. The number of nitrogens with one attached hydrogen (secondary N) is 1. The zero-order chi connectivity index (χ0) is 16.2. The molecule has 3 heterocycles. The molecule has 7 nitrogen and oxygen atoms in total. The van der Waals surface area contributed by atoms with Crippen molar-refractivity contribution in [2.75, 3.05) is 13.1 Å². The average Bonchev–Trinajstić information content (AvgIpc) is 2.57. The third-order valence-corrected chi connectivity index (χ3v) is 3.77. The minimum Gasteiger partial charge on any atom is -0.471 e. The summed E-state index contributed by atoms with van der Waals surface area (Å²) in [6, 6.07) is 6.79. The van der Waals surface area contributed by atoms with Crippen molar-refractivity contribution in [2.45, 2.75) is 25.9 Å². The number of piperidine rings is 1. The fraction of sp³-hybridized carbons (Fsp3) is 0.375. The molecule has 23 heavy (non-hydrogen) atoms. The number of likely N-dealkylation sites (tertiary alicyclic amines) is 1. The Kier molecular flexibility index (Phi) is 4.36. The van der Waals surface area contributed by atoms with Gasteiger partial charge in [-0.3, -0.25) is 9.59 Å². The highest BCUT2D eigenvalue weighted by Crippen LogP contribution is 2.17. The Balaban J connectivity index is 1.68. The second kappa shape index (κ2) is 6.60. The van der Waals surface area contributed by atoms with Crippen molar-refractivity contribution >= 4 is 5.91 Å². The molecule has 0 radical (unpaired) electrons. The average molecular weight is 314 g/mol. The van der Waals surface area contributed by atoms with Gasteiger partial charge in [0.05, 0.1) is 12.2 Å². The first-order valence-electron chi connectivity index (χ1n) is 7.57. The van der Waals surface area contributed by atoms with Crippen LogP contribution in [0.3, 0.4) is 0 Å². The van der Waals surface area contributed by atoms with Gasteiger partial charge < -0.3 is 14.6 Å². The van der Waals surface area contributed by atoms with E-state index < -0.39 is 0 Å². The van der Waals surface area contributed by atoms with Gasteiger partial charge in [0.15, 0.2) is 0 Å². The third-order valence-electron chi connectivity index (χ3n) is 3.77. The minimum absolute atomic E-state index is 0.146. The lowest BCUT2D eigenvalue weighted by Gasteiger charge is -2.32. The first-order chi connectivity index (χ1) is 11.1. The van der Waals surface area contributed by atoms with Crippen molar-refractivity contribution < 1.29 is 9.53 Å². The Labute approximate surface area is 133 Å². The molecule has 0 spiro atoms. The van der Waals surface area contributed by atoms with Crippen LogP contribution in [0.2, 0.25) is 0 Å². The Morgan fingerprint density at radius 3 is 2.96 bits per heavy atom. The first-order valence-corrected chi connectivity index (χ1v) is 7.57. The number of carbonyl (C=O) groups is 1. The maximum Gasteiger partial charge on any atom is 0.260 e. The highest BCUT2D eigenvalue weighted by atomic mass is 16.5. The van der Waals surface area contributed by atoms with Crippen LogP contribution in [-0.4, -0.2) is 45.2 Å². The summed E-state index contributed by atoms with van der Waals surface area (Å²) in [5, 5.41) is 7.94. The lowest BCUT2D eigenvalue weighted by Crippen LogP contribution is -2.45. The number of aromatic amines is 1. The maximum atomic E-state index is 12.5. The molecular formula is C16H18N4O3. The van der Waals surface area contributed by atoms with E-state index in [0.29, 0.717) is 19.0 Å². The largest absolute Gasteiger partial charge is 0.471 e. The van der Waals surface area contributed by atoms with Crippen LogP contribution in [-0.2, 0) is 0 Å². The number of hydrogen-bond donors (Lipinski definition) is 1. The van der Waals surface area contributed by atoms with Crippen LogP contribution in [0.4, 0.5) is 0 Å². The SMILES string of the molecule is Cc1ccc(O[C@H]2CCCN(C(=O)c3ccc[nH]c3=O)C2)nn1. The summed E-state index contributed by atoms with van der Waals surface area (Å²) >= 11 is 0. The van der Waals surface area contributed by atoms with Crippen molar-refractivity contribution in [1.82, 2.24) is 20.1 Å². The number of amides is 1. The quantitative estimate of drug-likeness (QED) is 0.918. The molecule has 2 aromatic heterocycles. The second-order valence-corrected chi connectivity index (χ2v) is 5.56. The number of pyridine rings is 1. The number of rotatable bonds is 3. The number of ether oxygens (including phenoxy) is 1. The lowest BCUT2D eigenvalue weighted by atomic mass is 10.1. The van der Waals surface area contributed by atoms with E-state index in [-0.39, 0.29) is 23.1 Å². The third kappa shape index (κ3) is 3.56. The number of hydrogen-bond acceptors (Lipinski definition) is 5. The van der Waals surface area contributed by atoms with Crippen LogP contribution in [0.5, 0.6) is 5.88 Å². The van der Waals surface area contributed by atoms with Gasteiger partial charge in [0.25, 0.3) is 11.5 Å². The number of aromatic nitrogens is 3. The lowest BCUT2D eigenvalue weighted by molar-refractivity contribution is 0.0524. The molecule has 1 atom stereocenters. The number of carbonyl (C=O) groups excluding carboxylic acids is 1. The van der Waals surface area contributed by atoms with Gasteiger partial charge in [-0.1, -0.05) is 0 Å². The van der Waals surface area contributed by atoms with Gasteiger partial charge >= 0.3 is 0 Å². The Morgan fingerprint density at radius 1 is 1.35 bits per heavy atom. The molecule has 120 valence electrons. The molecule has 1 amide bonds. The van der Waals surface area contributed by atoms with Gasteiger partial charge in [-0.05, 0) is 38.0 Å². The summed E-state index contributed by atoms with van der Waals surface area (Å²) in [5.74, 6) is 0.183. The van der Waals surface area contributed by atoms with Crippen molar-refractivity contribution in [2.24, 2.45) is 0 Å².